The molecule has 0 saturated heterocycles. The van der Waals surface area contributed by atoms with Crippen LogP contribution in [0.25, 0.3) is 0 Å². The van der Waals surface area contributed by atoms with Gasteiger partial charge in [-0.25, -0.2) is 4.79 Å². The van der Waals surface area contributed by atoms with Crippen molar-refractivity contribution in [1.82, 2.24) is 0 Å². The third kappa shape index (κ3) is 6.04. The Balaban J connectivity index is 0.000000397. The summed E-state index contributed by atoms with van der Waals surface area (Å²) in [5, 5.41) is 45.0. The predicted molar refractivity (Wildman–Crippen MR) is 69.2 cm³/mol. The molecule has 0 radical (unpaired) electrons. The van der Waals surface area contributed by atoms with Crippen LogP contribution in [0.15, 0.2) is 42.5 Å². The van der Waals surface area contributed by atoms with Crippen molar-refractivity contribution in [2.45, 2.75) is 0 Å². The molecule has 0 atom stereocenters. The summed E-state index contributed by atoms with van der Waals surface area (Å²) in [7, 11) is 0. The molecule has 0 aliphatic rings. The van der Waals surface area contributed by atoms with Gasteiger partial charge in [0.15, 0.2) is 17.2 Å². The average molecular weight is 330 g/mol. The zero-order valence-electron chi connectivity index (χ0n) is 11.6. The number of rotatable bonds is 2. The minimum atomic E-state index is -1.29. The molecule has 0 saturated carbocycles. The maximum atomic E-state index is 10.3. The van der Waals surface area contributed by atoms with E-state index in [-0.39, 0.29) is 62.5 Å². The number of phenols is 3. The molecule has 0 aromatic heterocycles. The van der Waals surface area contributed by atoms with Gasteiger partial charge < -0.3 is 30.3 Å². The molecule has 0 aliphatic heterocycles. The molecule has 2 aromatic rings. The van der Waals surface area contributed by atoms with E-state index in [1.165, 1.54) is 12.1 Å². The van der Waals surface area contributed by atoms with E-state index in [1.807, 2.05) is 0 Å². The summed E-state index contributed by atoms with van der Waals surface area (Å²) in [6.07, 6.45) is 0. The summed E-state index contributed by atoms with van der Waals surface area (Å²) >= 11 is 0. The number of carbonyl (C=O) groups is 2. The van der Waals surface area contributed by atoms with E-state index in [4.69, 9.17) is 20.4 Å². The number of hydrogen-bond acceptors (Lipinski definition) is 6. The molecule has 0 spiro atoms. The number of hydrogen-bond donors (Lipinski definition) is 4. The molecule has 0 aliphatic carbocycles. The van der Waals surface area contributed by atoms with Gasteiger partial charge in [0.2, 0.25) is 0 Å². The van der Waals surface area contributed by atoms with Crippen LogP contribution >= 0.6 is 0 Å². The second-order valence-electron chi connectivity index (χ2n) is 3.82. The minimum absolute atomic E-state index is 0. The Morgan fingerprint density at radius 3 is 1.64 bits per heavy atom. The van der Waals surface area contributed by atoms with Crippen molar-refractivity contribution < 1.29 is 86.5 Å². The number of benzene rings is 2. The number of aromatic carboxylic acids is 2. The van der Waals surface area contributed by atoms with Crippen LogP contribution in [0.4, 0.5) is 0 Å². The molecule has 0 bridgehead atoms. The summed E-state index contributed by atoms with van der Waals surface area (Å²) in [5.74, 6) is -4.46. The summed E-state index contributed by atoms with van der Waals surface area (Å²) in [5.41, 5.74) is -0.0692. The zero-order valence-corrected chi connectivity index (χ0v) is 14.7. The van der Waals surface area contributed by atoms with E-state index < -0.39 is 29.2 Å². The molecule has 22 heavy (non-hydrogen) atoms. The quantitative estimate of drug-likeness (QED) is 0.354. The Labute approximate surface area is 167 Å². The van der Waals surface area contributed by atoms with Gasteiger partial charge in [-0.1, -0.05) is 30.3 Å². The van der Waals surface area contributed by atoms with Crippen LogP contribution in [0.2, 0.25) is 0 Å². The van der Waals surface area contributed by atoms with Crippen molar-refractivity contribution in [2.75, 3.05) is 0 Å². The maximum Gasteiger partial charge on any atom is 1.00 e. The molecule has 4 N–H and O–H groups in total. The SMILES string of the molecule is O=C(O)c1cc(O)c(O)c(O)c1.O=C([O-])c1ccccc1.[K+]. The average Bonchev–Trinajstić information content (AvgIpc) is 2.45. The molecule has 8 heteroatoms. The van der Waals surface area contributed by atoms with Crippen LogP contribution in [0, 0.1) is 0 Å². The van der Waals surface area contributed by atoms with Gasteiger partial charge in [0, 0.05) is 0 Å². The summed E-state index contributed by atoms with van der Waals surface area (Å²) in [6.45, 7) is 0. The predicted octanol–water partition coefficient (Wildman–Crippen LogP) is -2.44. The number of carbonyl (C=O) groups excluding carboxylic acids is 1. The van der Waals surface area contributed by atoms with Crippen molar-refractivity contribution in [3.05, 3.63) is 53.6 Å². The van der Waals surface area contributed by atoms with Gasteiger partial charge in [0.25, 0.3) is 0 Å². The standard InChI is InChI=1S/C7H6O5.C7H6O2.K/c8-4-1-3(7(11)12)2-5(9)6(4)10;8-7(9)6-4-2-1-3-5-6;/h1-2,8-10H,(H,11,12);1-5H,(H,8,9);/q;;+1/p-1. The Morgan fingerprint density at radius 1 is 0.864 bits per heavy atom. The summed E-state index contributed by atoms with van der Waals surface area (Å²) < 4.78 is 0. The van der Waals surface area contributed by atoms with E-state index in [1.54, 1.807) is 18.2 Å². The van der Waals surface area contributed by atoms with Crippen LogP contribution in [0.3, 0.4) is 0 Å². The van der Waals surface area contributed by atoms with Crippen molar-refractivity contribution in [3.8, 4) is 17.2 Å². The first-order valence-electron chi connectivity index (χ1n) is 5.57. The van der Waals surface area contributed by atoms with Gasteiger partial charge >= 0.3 is 57.4 Å². The normalized spacial score (nSPS) is 8.91. The smallest absolute Gasteiger partial charge is 0.545 e. The maximum absolute atomic E-state index is 10.3. The number of aromatic hydroxyl groups is 3. The third-order valence-corrected chi connectivity index (χ3v) is 2.33. The Hall–Kier alpha value is -1.58. The van der Waals surface area contributed by atoms with Gasteiger partial charge in [-0.2, -0.15) is 0 Å². The first-order valence-corrected chi connectivity index (χ1v) is 5.57. The van der Waals surface area contributed by atoms with E-state index in [0.29, 0.717) is 0 Å². The third-order valence-electron chi connectivity index (χ3n) is 2.33. The second kappa shape index (κ2) is 9.44. The van der Waals surface area contributed by atoms with Crippen molar-refractivity contribution in [1.29, 1.82) is 0 Å². The Bertz CT molecular complexity index is 632. The molecule has 7 nitrogen and oxygen atoms in total. The first kappa shape index (κ1) is 20.4. The zero-order chi connectivity index (χ0) is 16.0. The molecule has 2 aromatic carbocycles. The fraction of sp³-hybridized carbons (Fsp3) is 0. The van der Waals surface area contributed by atoms with Crippen molar-refractivity contribution >= 4 is 11.9 Å². The Morgan fingerprint density at radius 2 is 1.32 bits per heavy atom. The van der Waals surface area contributed by atoms with Gasteiger partial charge in [0.1, 0.15) is 0 Å². The van der Waals surface area contributed by atoms with E-state index in [9.17, 15) is 14.7 Å². The van der Waals surface area contributed by atoms with Crippen LogP contribution in [0.1, 0.15) is 20.7 Å². The number of carboxylic acid groups (broad SMARTS) is 2. The molecule has 0 fully saturated rings. The molecular weight excluding hydrogens is 319 g/mol. The number of carboxylic acids is 2. The van der Waals surface area contributed by atoms with E-state index in [2.05, 4.69) is 0 Å². The molecule has 0 amide bonds. The monoisotopic (exact) mass is 330 g/mol. The van der Waals surface area contributed by atoms with Gasteiger partial charge in [0.05, 0.1) is 11.5 Å². The molecule has 2 rings (SSSR count). The van der Waals surface area contributed by atoms with Crippen LogP contribution in [0.5, 0.6) is 17.2 Å². The van der Waals surface area contributed by atoms with Crippen molar-refractivity contribution in [3.63, 3.8) is 0 Å². The van der Waals surface area contributed by atoms with E-state index >= 15 is 0 Å². The first-order chi connectivity index (χ1) is 9.82. The van der Waals surface area contributed by atoms with Crippen LogP contribution < -0.4 is 56.5 Å². The fourth-order valence-corrected chi connectivity index (χ4v) is 1.30. The van der Waals surface area contributed by atoms with Gasteiger partial charge in [-0.15, -0.1) is 0 Å². The van der Waals surface area contributed by atoms with E-state index in [0.717, 1.165) is 12.1 Å². The van der Waals surface area contributed by atoms with Gasteiger partial charge in [-0.05, 0) is 17.7 Å². The largest absolute Gasteiger partial charge is 1.00 e. The number of phenolic OH excluding ortho intramolecular Hbond substituents is 3. The Kier molecular flexibility index (Phi) is 8.76. The van der Waals surface area contributed by atoms with Crippen LogP contribution in [-0.4, -0.2) is 32.4 Å². The minimum Gasteiger partial charge on any atom is -0.545 e. The van der Waals surface area contributed by atoms with Crippen molar-refractivity contribution in [2.24, 2.45) is 0 Å². The fourth-order valence-electron chi connectivity index (χ4n) is 1.30. The summed E-state index contributed by atoms with van der Waals surface area (Å²) in [4.78, 5) is 20.4. The molecule has 0 unspecified atom stereocenters. The van der Waals surface area contributed by atoms with Gasteiger partial charge in [-0.3, -0.25) is 0 Å². The molecular formula is C14H11KO7. The topological polar surface area (TPSA) is 138 Å². The molecule has 0 heterocycles. The van der Waals surface area contributed by atoms with Crippen LogP contribution in [-0.2, 0) is 0 Å². The molecule has 110 valence electrons. The summed E-state index contributed by atoms with van der Waals surface area (Å²) in [6, 6.07) is 9.75. The second-order valence-corrected chi connectivity index (χ2v) is 3.82.